The normalized spacial score (nSPS) is 22.4. The van der Waals surface area contributed by atoms with Crippen LogP contribution < -0.4 is 14.4 Å². The van der Waals surface area contributed by atoms with E-state index in [4.69, 9.17) is 9.47 Å². The van der Waals surface area contributed by atoms with Crippen molar-refractivity contribution in [2.75, 3.05) is 44.8 Å². The van der Waals surface area contributed by atoms with Gasteiger partial charge in [0.1, 0.15) is 46.8 Å². The van der Waals surface area contributed by atoms with Gasteiger partial charge in [0.15, 0.2) is 5.82 Å². The Kier molecular flexibility index (Phi) is 6.73. The number of fused-ring (bicyclic) bond motifs is 3. The molecule has 2 atom stereocenters. The number of aliphatic hydroxyl groups is 1. The average molecular weight is 596 g/mol. The number of aromatic nitrogens is 3. The van der Waals surface area contributed by atoms with Crippen molar-refractivity contribution in [1.29, 1.82) is 0 Å². The lowest BCUT2D eigenvalue weighted by Gasteiger charge is -2.37. The Balaban J connectivity index is 1.42. The molecule has 0 unspecified atom stereocenters. The number of benzene rings is 2. The summed E-state index contributed by atoms with van der Waals surface area (Å²) >= 11 is 0. The lowest BCUT2D eigenvalue weighted by atomic mass is 9.94. The van der Waals surface area contributed by atoms with Gasteiger partial charge in [-0.15, -0.1) is 0 Å². The SMILES string of the molecule is CCc1c(F)ccc2cc(O)cc(-c3nc(OC)c4c(N5CC(O)C5)nc(OC[C@@]56CCCN5C[C@H](F)C6)nc4c3F)c12. The second-order valence-electron chi connectivity index (χ2n) is 11.7. The molecule has 0 saturated carbocycles. The number of aryl methyl sites for hydroxylation is 1. The lowest BCUT2D eigenvalue weighted by Crippen LogP contribution is -2.51. The van der Waals surface area contributed by atoms with Crippen LogP contribution in [0.25, 0.3) is 32.9 Å². The van der Waals surface area contributed by atoms with Gasteiger partial charge in [-0.25, -0.2) is 18.2 Å². The van der Waals surface area contributed by atoms with E-state index in [1.165, 1.54) is 31.4 Å². The van der Waals surface area contributed by atoms with E-state index < -0.39 is 29.4 Å². The van der Waals surface area contributed by atoms with Crippen molar-refractivity contribution in [1.82, 2.24) is 19.9 Å². The number of anilines is 1. The van der Waals surface area contributed by atoms with Crippen molar-refractivity contribution >= 4 is 27.5 Å². The van der Waals surface area contributed by atoms with E-state index in [0.717, 1.165) is 19.4 Å². The molecule has 3 aliphatic heterocycles. The van der Waals surface area contributed by atoms with Gasteiger partial charge in [0.2, 0.25) is 5.88 Å². The van der Waals surface area contributed by atoms with Crippen molar-refractivity contribution in [2.24, 2.45) is 0 Å². The van der Waals surface area contributed by atoms with Crippen LogP contribution in [0.1, 0.15) is 31.7 Å². The monoisotopic (exact) mass is 595 g/mol. The lowest BCUT2D eigenvalue weighted by molar-refractivity contribution is 0.107. The number of phenolic OH excluding ortho intramolecular Hbond substituents is 1. The third-order valence-corrected chi connectivity index (χ3v) is 9.06. The summed E-state index contributed by atoms with van der Waals surface area (Å²) in [6, 6.07) is 5.60. The van der Waals surface area contributed by atoms with Crippen LogP contribution in [-0.2, 0) is 6.42 Å². The summed E-state index contributed by atoms with van der Waals surface area (Å²) in [4.78, 5) is 17.4. The minimum absolute atomic E-state index is 0.0249. The fourth-order valence-corrected chi connectivity index (χ4v) is 7.03. The predicted octanol–water partition coefficient (Wildman–Crippen LogP) is 4.54. The number of alkyl halides is 1. The Morgan fingerprint density at radius 1 is 1.09 bits per heavy atom. The summed E-state index contributed by atoms with van der Waals surface area (Å²) in [5.41, 5.74) is -0.235. The maximum atomic E-state index is 16.7. The van der Waals surface area contributed by atoms with Crippen molar-refractivity contribution in [3.05, 3.63) is 41.5 Å². The highest BCUT2D eigenvalue weighted by Crippen LogP contribution is 2.44. The van der Waals surface area contributed by atoms with Gasteiger partial charge in [0, 0.05) is 31.6 Å². The Morgan fingerprint density at radius 3 is 2.65 bits per heavy atom. The minimum Gasteiger partial charge on any atom is -0.508 e. The molecule has 9 nitrogen and oxygen atoms in total. The molecule has 3 fully saturated rings. The quantitative estimate of drug-likeness (QED) is 0.319. The van der Waals surface area contributed by atoms with Crippen LogP contribution >= 0.6 is 0 Å². The highest BCUT2D eigenvalue weighted by Gasteiger charge is 2.49. The van der Waals surface area contributed by atoms with Crippen molar-refractivity contribution < 1.29 is 32.9 Å². The van der Waals surface area contributed by atoms with Crippen LogP contribution in [0, 0.1) is 11.6 Å². The fraction of sp³-hybridized carbons (Fsp3) is 0.452. The number of rotatable bonds is 7. The average Bonchev–Trinajstić information content (AvgIpc) is 3.50. The van der Waals surface area contributed by atoms with Crippen molar-refractivity contribution in [3.8, 4) is 28.9 Å². The van der Waals surface area contributed by atoms with Gasteiger partial charge in [0.05, 0.1) is 18.8 Å². The van der Waals surface area contributed by atoms with E-state index in [0.29, 0.717) is 35.7 Å². The number of β-amino-alcohol motifs (C(OH)–C–C–N with tert-alkyl or cyclic N) is 1. The second kappa shape index (κ2) is 10.4. The number of halogens is 3. The minimum atomic E-state index is -0.940. The van der Waals surface area contributed by atoms with Crippen LogP contribution in [0.2, 0.25) is 0 Å². The first-order chi connectivity index (χ1) is 20.7. The Morgan fingerprint density at radius 2 is 1.91 bits per heavy atom. The molecular weight excluding hydrogens is 563 g/mol. The van der Waals surface area contributed by atoms with Gasteiger partial charge in [-0.1, -0.05) is 13.0 Å². The summed E-state index contributed by atoms with van der Waals surface area (Å²) < 4.78 is 57.8. The van der Waals surface area contributed by atoms with E-state index in [1.54, 1.807) is 11.8 Å². The van der Waals surface area contributed by atoms with Gasteiger partial charge < -0.3 is 24.6 Å². The number of hydrogen-bond acceptors (Lipinski definition) is 9. The highest BCUT2D eigenvalue weighted by atomic mass is 19.1. The smallest absolute Gasteiger partial charge is 0.319 e. The first kappa shape index (κ1) is 27.9. The molecular formula is C31H32F3N5O4. The maximum Gasteiger partial charge on any atom is 0.319 e. The zero-order chi connectivity index (χ0) is 30.0. The Labute approximate surface area is 245 Å². The Bertz CT molecular complexity index is 1750. The number of ether oxygens (including phenoxy) is 2. The second-order valence-corrected chi connectivity index (χ2v) is 11.7. The molecule has 4 aromatic rings. The number of phenols is 1. The summed E-state index contributed by atoms with van der Waals surface area (Å²) in [5.74, 6) is -1.10. The molecule has 7 rings (SSSR count). The molecule has 43 heavy (non-hydrogen) atoms. The van der Waals surface area contributed by atoms with E-state index in [-0.39, 0.29) is 65.3 Å². The molecule has 5 heterocycles. The standard InChI is InChI=1S/C31H32F3N5O4/c1-3-20-22(33)6-5-16-9-18(40)10-21(23(16)20)26-25(34)27-24(29(35-26)42-2)28(38-13-19(41)14-38)37-30(36-27)43-15-31-7-4-8-39(31)12-17(32)11-31/h5-6,9-10,17,19,40-41H,3-4,7-8,11-15H2,1-2H3/t17-,31+/m1/s1. The van der Waals surface area contributed by atoms with Crippen molar-refractivity contribution in [2.45, 2.75) is 50.4 Å². The molecule has 0 aliphatic carbocycles. The molecule has 2 aromatic heterocycles. The van der Waals surface area contributed by atoms with E-state index in [1.807, 2.05) is 0 Å². The van der Waals surface area contributed by atoms with E-state index in [2.05, 4.69) is 19.9 Å². The zero-order valence-corrected chi connectivity index (χ0v) is 23.9. The summed E-state index contributed by atoms with van der Waals surface area (Å²) in [5, 5.41) is 21.7. The van der Waals surface area contributed by atoms with Crippen LogP contribution in [0.4, 0.5) is 19.0 Å². The van der Waals surface area contributed by atoms with E-state index >= 15 is 4.39 Å². The molecule has 3 saturated heterocycles. The van der Waals surface area contributed by atoms with Gasteiger partial charge in [-0.3, -0.25) is 4.90 Å². The summed E-state index contributed by atoms with van der Waals surface area (Å²) in [6.07, 6.45) is 0.874. The van der Waals surface area contributed by atoms with Crippen LogP contribution in [-0.4, -0.2) is 87.8 Å². The molecule has 226 valence electrons. The molecule has 2 N–H and O–H groups in total. The molecule has 0 amide bonds. The van der Waals surface area contributed by atoms with Gasteiger partial charge in [-0.05, 0) is 60.3 Å². The molecule has 3 aliphatic rings. The maximum absolute atomic E-state index is 16.7. The van der Waals surface area contributed by atoms with Crippen molar-refractivity contribution in [3.63, 3.8) is 0 Å². The first-order valence-corrected chi connectivity index (χ1v) is 14.6. The molecule has 0 spiro atoms. The largest absolute Gasteiger partial charge is 0.508 e. The van der Waals surface area contributed by atoms with Gasteiger partial charge >= 0.3 is 6.01 Å². The summed E-state index contributed by atoms with van der Waals surface area (Å²) in [6.45, 7) is 3.61. The molecule has 0 bridgehead atoms. The third kappa shape index (κ3) is 4.50. The zero-order valence-electron chi connectivity index (χ0n) is 23.9. The van der Waals surface area contributed by atoms with Crippen LogP contribution in [0.15, 0.2) is 24.3 Å². The third-order valence-electron chi connectivity index (χ3n) is 9.06. The molecule has 0 radical (unpaired) electrons. The van der Waals surface area contributed by atoms with E-state index in [9.17, 15) is 19.0 Å². The van der Waals surface area contributed by atoms with Gasteiger partial charge in [0.25, 0.3) is 0 Å². The van der Waals surface area contributed by atoms with Crippen LogP contribution in [0.5, 0.6) is 17.6 Å². The Hall–Kier alpha value is -3.90. The van der Waals surface area contributed by atoms with Crippen LogP contribution in [0.3, 0.4) is 0 Å². The highest BCUT2D eigenvalue weighted by molar-refractivity contribution is 6.03. The number of hydrogen-bond donors (Lipinski definition) is 2. The molecule has 12 heteroatoms. The summed E-state index contributed by atoms with van der Waals surface area (Å²) in [7, 11) is 1.39. The number of pyridine rings is 1. The number of methoxy groups -OCH3 is 1. The fourth-order valence-electron chi connectivity index (χ4n) is 7.03. The van der Waals surface area contributed by atoms with Gasteiger partial charge in [-0.2, -0.15) is 9.97 Å². The number of nitrogens with zero attached hydrogens (tertiary/aromatic N) is 5. The number of aliphatic hydroxyl groups excluding tert-OH is 1. The molecule has 2 aromatic carbocycles. The first-order valence-electron chi connectivity index (χ1n) is 14.6. The predicted molar refractivity (Wildman–Crippen MR) is 155 cm³/mol. The topological polar surface area (TPSA) is 104 Å². The number of aromatic hydroxyl groups is 1.